The quantitative estimate of drug-likeness (QED) is 0.847. The van der Waals surface area contributed by atoms with E-state index in [1.54, 1.807) is 12.1 Å². The van der Waals surface area contributed by atoms with Crippen LogP contribution in [0.15, 0.2) is 24.3 Å². The predicted molar refractivity (Wildman–Crippen MR) is 77.2 cm³/mol. The molecule has 1 fully saturated rings. The number of rotatable bonds is 5. The van der Waals surface area contributed by atoms with Gasteiger partial charge in [0.15, 0.2) is 0 Å². The minimum atomic E-state index is -0.652. The van der Waals surface area contributed by atoms with E-state index in [-0.39, 0.29) is 23.9 Å². The van der Waals surface area contributed by atoms with E-state index in [0.29, 0.717) is 12.0 Å². The van der Waals surface area contributed by atoms with Crippen molar-refractivity contribution in [3.63, 3.8) is 0 Å². The van der Waals surface area contributed by atoms with Crippen molar-refractivity contribution in [3.8, 4) is 0 Å². The average Bonchev–Trinajstić information content (AvgIpc) is 2.94. The Labute approximate surface area is 124 Å². The van der Waals surface area contributed by atoms with Gasteiger partial charge in [0.2, 0.25) is 0 Å². The summed E-state index contributed by atoms with van der Waals surface area (Å²) in [5.41, 5.74) is 0.703. The summed E-state index contributed by atoms with van der Waals surface area (Å²) in [7, 11) is 1.39. The van der Waals surface area contributed by atoms with Crippen LogP contribution in [0.25, 0.3) is 0 Å². The van der Waals surface area contributed by atoms with Crippen LogP contribution < -0.4 is 0 Å². The normalized spacial score (nSPS) is 22.0. The molecule has 116 valence electrons. The largest absolute Gasteiger partial charge is 0.468 e. The van der Waals surface area contributed by atoms with Crippen molar-refractivity contribution < 1.29 is 19.0 Å². The van der Waals surface area contributed by atoms with Crippen LogP contribution >= 0.6 is 0 Å². The van der Waals surface area contributed by atoms with Gasteiger partial charge in [-0.05, 0) is 50.4 Å². The second-order valence-electron chi connectivity index (χ2n) is 5.54. The number of carbonyl (C=O) groups excluding carboxylic acids is 1. The maximum Gasteiger partial charge on any atom is 0.322 e. The van der Waals surface area contributed by atoms with E-state index in [9.17, 15) is 14.3 Å². The van der Waals surface area contributed by atoms with Gasteiger partial charge in [0.1, 0.15) is 11.9 Å². The molecule has 3 atom stereocenters. The standard InChI is InChI=1S/C16H22FNO3/c1-11(16(20)21-2)18-9-3-4-14(18)10-15(19)12-5-7-13(17)8-6-12/h5-8,11,14-15,19H,3-4,9-10H2,1-2H3. The van der Waals surface area contributed by atoms with Crippen molar-refractivity contribution in [2.75, 3.05) is 13.7 Å². The Kier molecular flexibility index (Phi) is 5.31. The van der Waals surface area contributed by atoms with E-state index in [2.05, 4.69) is 4.90 Å². The van der Waals surface area contributed by atoms with Gasteiger partial charge in [-0.2, -0.15) is 0 Å². The number of benzene rings is 1. The number of esters is 1. The predicted octanol–water partition coefficient (Wildman–Crippen LogP) is 2.28. The van der Waals surface area contributed by atoms with Crippen LogP contribution in [0.2, 0.25) is 0 Å². The summed E-state index contributed by atoms with van der Waals surface area (Å²) in [5.74, 6) is -0.564. The molecule has 0 aliphatic carbocycles. The molecule has 2 rings (SSSR count). The van der Waals surface area contributed by atoms with Crippen LogP contribution in [0.3, 0.4) is 0 Å². The summed E-state index contributed by atoms with van der Waals surface area (Å²) in [6.07, 6.45) is 1.83. The average molecular weight is 295 g/mol. The van der Waals surface area contributed by atoms with Gasteiger partial charge in [-0.25, -0.2) is 4.39 Å². The van der Waals surface area contributed by atoms with E-state index < -0.39 is 6.10 Å². The van der Waals surface area contributed by atoms with Gasteiger partial charge in [0, 0.05) is 6.04 Å². The molecule has 1 aliphatic rings. The van der Waals surface area contributed by atoms with Crippen molar-refractivity contribution in [1.29, 1.82) is 0 Å². The van der Waals surface area contributed by atoms with Gasteiger partial charge in [-0.1, -0.05) is 12.1 Å². The molecular weight excluding hydrogens is 273 g/mol. The molecule has 21 heavy (non-hydrogen) atoms. The van der Waals surface area contributed by atoms with E-state index in [4.69, 9.17) is 4.74 Å². The molecule has 0 spiro atoms. The van der Waals surface area contributed by atoms with Crippen molar-refractivity contribution >= 4 is 5.97 Å². The first-order valence-corrected chi connectivity index (χ1v) is 7.30. The molecule has 0 amide bonds. The molecule has 1 aromatic carbocycles. The lowest BCUT2D eigenvalue weighted by atomic mass is 10.00. The van der Waals surface area contributed by atoms with Gasteiger partial charge in [0.25, 0.3) is 0 Å². The second-order valence-corrected chi connectivity index (χ2v) is 5.54. The van der Waals surface area contributed by atoms with E-state index in [1.165, 1.54) is 19.2 Å². The lowest BCUT2D eigenvalue weighted by Gasteiger charge is -2.30. The third kappa shape index (κ3) is 3.80. The minimum Gasteiger partial charge on any atom is -0.468 e. The van der Waals surface area contributed by atoms with Crippen molar-refractivity contribution in [2.45, 2.75) is 44.4 Å². The number of aliphatic hydroxyl groups excluding tert-OH is 1. The minimum absolute atomic E-state index is 0.138. The zero-order valence-corrected chi connectivity index (χ0v) is 12.5. The molecule has 3 unspecified atom stereocenters. The number of aliphatic hydroxyl groups is 1. The molecule has 1 saturated heterocycles. The van der Waals surface area contributed by atoms with Crippen LogP contribution in [0.5, 0.6) is 0 Å². The molecule has 0 radical (unpaired) electrons. The Morgan fingerprint density at radius 1 is 1.48 bits per heavy atom. The van der Waals surface area contributed by atoms with E-state index >= 15 is 0 Å². The summed E-state index contributed by atoms with van der Waals surface area (Å²) >= 11 is 0. The highest BCUT2D eigenvalue weighted by Crippen LogP contribution is 2.29. The number of methoxy groups -OCH3 is 1. The topological polar surface area (TPSA) is 49.8 Å². The highest BCUT2D eigenvalue weighted by Gasteiger charge is 2.33. The fourth-order valence-electron chi connectivity index (χ4n) is 3.01. The molecule has 1 N–H and O–H groups in total. The zero-order valence-electron chi connectivity index (χ0n) is 12.5. The second kappa shape index (κ2) is 7.00. The Hall–Kier alpha value is -1.46. The van der Waals surface area contributed by atoms with Crippen LogP contribution in [0.4, 0.5) is 4.39 Å². The molecular formula is C16H22FNO3. The number of halogens is 1. The Morgan fingerprint density at radius 2 is 2.14 bits per heavy atom. The SMILES string of the molecule is COC(=O)C(C)N1CCCC1CC(O)c1ccc(F)cc1. The molecule has 4 nitrogen and oxygen atoms in total. The molecule has 0 saturated carbocycles. The molecule has 1 aliphatic heterocycles. The maximum absolute atomic E-state index is 12.9. The first-order chi connectivity index (χ1) is 10.0. The Bertz CT molecular complexity index is 477. The van der Waals surface area contributed by atoms with E-state index in [1.807, 2.05) is 6.92 Å². The molecule has 0 aromatic heterocycles. The fourth-order valence-corrected chi connectivity index (χ4v) is 3.01. The number of likely N-dealkylation sites (tertiary alicyclic amines) is 1. The summed E-state index contributed by atoms with van der Waals surface area (Å²) in [4.78, 5) is 13.8. The molecule has 1 heterocycles. The summed E-state index contributed by atoms with van der Waals surface area (Å²) in [5, 5.41) is 10.3. The monoisotopic (exact) mass is 295 g/mol. The van der Waals surface area contributed by atoms with E-state index in [0.717, 1.165) is 19.4 Å². The lowest BCUT2D eigenvalue weighted by molar-refractivity contribution is -0.146. The third-order valence-electron chi connectivity index (χ3n) is 4.21. The fraction of sp³-hybridized carbons (Fsp3) is 0.562. The summed E-state index contributed by atoms with van der Waals surface area (Å²) in [6.45, 7) is 2.66. The molecule has 5 heteroatoms. The number of ether oxygens (including phenoxy) is 1. The molecule has 0 bridgehead atoms. The molecule has 1 aromatic rings. The van der Waals surface area contributed by atoms with Crippen molar-refractivity contribution in [2.24, 2.45) is 0 Å². The summed E-state index contributed by atoms with van der Waals surface area (Å²) < 4.78 is 17.7. The number of hydrogen-bond donors (Lipinski definition) is 1. The van der Waals surface area contributed by atoms with Crippen LogP contribution in [0, 0.1) is 5.82 Å². The maximum atomic E-state index is 12.9. The lowest BCUT2D eigenvalue weighted by Crippen LogP contribution is -2.43. The zero-order chi connectivity index (χ0) is 15.4. The van der Waals surface area contributed by atoms with Gasteiger partial charge >= 0.3 is 5.97 Å². The van der Waals surface area contributed by atoms with Crippen LogP contribution in [-0.2, 0) is 9.53 Å². The van der Waals surface area contributed by atoms with Gasteiger partial charge in [-0.15, -0.1) is 0 Å². The number of carbonyl (C=O) groups is 1. The highest BCUT2D eigenvalue weighted by atomic mass is 19.1. The Morgan fingerprint density at radius 3 is 2.76 bits per heavy atom. The smallest absolute Gasteiger partial charge is 0.322 e. The first-order valence-electron chi connectivity index (χ1n) is 7.30. The summed E-state index contributed by atoms with van der Waals surface area (Å²) in [6, 6.07) is 5.73. The Balaban J connectivity index is 2.00. The van der Waals surface area contributed by atoms with Crippen molar-refractivity contribution in [3.05, 3.63) is 35.6 Å². The van der Waals surface area contributed by atoms with Gasteiger partial charge < -0.3 is 9.84 Å². The highest BCUT2D eigenvalue weighted by molar-refractivity contribution is 5.75. The van der Waals surface area contributed by atoms with Crippen LogP contribution in [0.1, 0.15) is 37.9 Å². The van der Waals surface area contributed by atoms with Gasteiger partial charge in [-0.3, -0.25) is 9.69 Å². The first kappa shape index (κ1) is 15.9. The van der Waals surface area contributed by atoms with Gasteiger partial charge in [0.05, 0.1) is 13.2 Å². The van der Waals surface area contributed by atoms with Crippen LogP contribution in [-0.4, -0.2) is 41.7 Å². The number of nitrogens with zero attached hydrogens (tertiary/aromatic N) is 1. The third-order valence-corrected chi connectivity index (χ3v) is 4.21. The number of hydrogen-bond acceptors (Lipinski definition) is 4. The van der Waals surface area contributed by atoms with Crippen molar-refractivity contribution in [1.82, 2.24) is 4.90 Å².